The summed E-state index contributed by atoms with van der Waals surface area (Å²) in [4.78, 5) is 43.4. The van der Waals surface area contributed by atoms with Crippen molar-refractivity contribution in [1.29, 1.82) is 0 Å². The minimum Gasteiger partial charge on any atom is -0.450 e. The second kappa shape index (κ2) is 14.1. The van der Waals surface area contributed by atoms with Gasteiger partial charge in [-0.1, -0.05) is 13.8 Å². The van der Waals surface area contributed by atoms with Gasteiger partial charge in [0.05, 0.1) is 23.6 Å². The largest absolute Gasteiger partial charge is 0.450 e. The van der Waals surface area contributed by atoms with E-state index < -0.39 is 22.0 Å². The summed E-state index contributed by atoms with van der Waals surface area (Å²) in [7, 11) is -3.67. The molecule has 10 nitrogen and oxygen atoms in total. The topological polar surface area (TPSA) is 116 Å². The van der Waals surface area contributed by atoms with Gasteiger partial charge in [0.2, 0.25) is 10.0 Å². The van der Waals surface area contributed by atoms with E-state index in [9.17, 15) is 22.8 Å². The van der Waals surface area contributed by atoms with Gasteiger partial charge in [0, 0.05) is 43.2 Å². The van der Waals surface area contributed by atoms with Gasteiger partial charge >= 0.3 is 6.09 Å². The summed E-state index contributed by atoms with van der Waals surface area (Å²) in [5.74, 6) is -0.617. The van der Waals surface area contributed by atoms with Crippen LogP contribution in [0, 0.1) is 0 Å². The predicted octanol–water partition coefficient (Wildman–Crippen LogP) is 4.81. The van der Waals surface area contributed by atoms with Gasteiger partial charge in [-0.2, -0.15) is 4.31 Å². The van der Waals surface area contributed by atoms with E-state index in [1.54, 1.807) is 16.7 Å². The molecule has 0 unspecified atom stereocenters. The number of nitrogens with one attached hydrogen (secondary N) is 1. The number of benzene rings is 1. The van der Waals surface area contributed by atoms with Gasteiger partial charge in [0.15, 0.2) is 0 Å². The van der Waals surface area contributed by atoms with Crippen molar-refractivity contribution < 1.29 is 27.5 Å². The SMILES string of the molecule is CCCN(CCC)S(=O)(=O)c1ccc(C(=O)Nc2sc3c(c2C(=O)N(CC)CC)CCN(C(=O)OCC)C3)cc1. The summed E-state index contributed by atoms with van der Waals surface area (Å²) >= 11 is 1.28. The summed E-state index contributed by atoms with van der Waals surface area (Å²) in [5.41, 5.74) is 1.57. The third-order valence-electron chi connectivity index (χ3n) is 6.77. The van der Waals surface area contributed by atoms with Crippen LogP contribution in [0.2, 0.25) is 0 Å². The van der Waals surface area contributed by atoms with Gasteiger partial charge in [0.25, 0.3) is 11.8 Å². The number of ether oxygens (including phenoxy) is 1. The zero-order valence-corrected chi connectivity index (χ0v) is 25.6. The number of sulfonamides is 1. The maximum atomic E-state index is 13.5. The average molecular weight is 593 g/mol. The number of hydrogen-bond acceptors (Lipinski definition) is 7. The van der Waals surface area contributed by atoms with E-state index in [-0.39, 0.29) is 23.0 Å². The van der Waals surface area contributed by atoms with Gasteiger partial charge < -0.3 is 19.9 Å². The maximum absolute atomic E-state index is 13.5. The molecule has 12 heteroatoms. The smallest absolute Gasteiger partial charge is 0.410 e. The van der Waals surface area contributed by atoms with Crippen LogP contribution in [-0.2, 0) is 27.7 Å². The lowest BCUT2D eigenvalue weighted by Gasteiger charge is -2.27. The van der Waals surface area contributed by atoms with E-state index in [4.69, 9.17) is 4.74 Å². The molecule has 0 saturated heterocycles. The first kappa shape index (κ1) is 31.6. The normalized spacial score (nSPS) is 13.2. The van der Waals surface area contributed by atoms with Crippen molar-refractivity contribution in [2.24, 2.45) is 0 Å². The zero-order chi connectivity index (χ0) is 29.4. The third kappa shape index (κ3) is 6.84. The second-order valence-corrected chi connectivity index (χ2v) is 12.5. The highest BCUT2D eigenvalue weighted by molar-refractivity contribution is 7.89. The monoisotopic (exact) mass is 592 g/mol. The molecule has 1 aliphatic rings. The van der Waals surface area contributed by atoms with Crippen LogP contribution < -0.4 is 5.32 Å². The fourth-order valence-corrected chi connectivity index (χ4v) is 7.59. The fraction of sp³-hybridized carbons (Fsp3) is 0.536. The molecule has 0 atom stereocenters. The number of hydrogen-bond donors (Lipinski definition) is 1. The molecule has 2 heterocycles. The quantitative estimate of drug-likeness (QED) is 0.378. The lowest BCUT2D eigenvalue weighted by Crippen LogP contribution is -2.37. The highest BCUT2D eigenvalue weighted by Gasteiger charge is 2.32. The molecular formula is C28H40N4O6S2. The number of thiophene rings is 1. The summed E-state index contributed by atoms with van der Waals surface area (Å²) in [6.45, 7) is 12.3. The molecule has 40 heavy (non-hydrogen) atoms. The van der Waals surface area contributed by atoms with Crippen molar-refractivity contribution in [3.63, 3.8) is 0 Å². The van der Waals surface area contributed by atoms with Crippen molar-refractivity contribution in [3.8, 4) is 0 Å². The van der Waals surface area contributed by atoms with Crippen LogP contribution in [0.3, 0.4) is 0 Å². The van der Waals surface area contributed by atoms with Crippen LogP contribution in [-0.4, -0.2) is 79.8 Å². The predicted molar refractivity (Wildman–Crippen MR) is 156 cm³/mol. The summed E-state index contributed by atoms with van der Waals surface area (Å²) in [6.07, 6.45) is 1.48. The Hall–Kier alpha value is -2.96. The minimum absolute atomic E-state index is 0.133. The molecule has 3 amide bonds. The summed E-state index contributed by atoms with van der Waals surface area (Å²) < 4.78 is 32.8. The van der Waals surface area contributed by atoms with Crippen LogP contribution in [0.1, 0.15) is 78.6 Å². The standard InChI is InChI=1S/C28H40N4O6S2/c1-6-16-32(17-7-2)40(36,37)21-13-11-20(12-14-21)25(33)29-26-24(27(34)30(8-3)9-4)22-15-18-31(19-23(22)39-26)28(35)38-10-5/h11-14H,6-10,15-19H2,1-5H3,(H,29,33). The number of carbonyl (C=O) groups excluding carboxylic acids is 3. The van der Waals surface area contributed by atoms with E-state index in [0.29, 0.717) is 69.1 Å². The minimum atomic E-state index is -3.67. The molecule has 220 valence electrons. The maximum Gasteiger partial charge on any atom is 0.410 e. The molecule has 0 radical (unpaired) electrons. The van der Waals surface area contributed by atoms with E-state index in [0.717, 1.165) is 10.4 Å². The number of anilines is 1. The molecule has 1 aromatic heterocycles. The van der Waals surface area contributed by atoms with Gasteiger partial charge in [0.1, 0.15) is 5.00 Å². The highest BCUT2D eigenvalue weighted by Crippen LogP contribution is 2.38. The van der Waals surface area contributed by atoms with Gasteiger partial charge in [-0.05, 0) is 69.9 Å². The third-order valence-corrected chi connectivity index (χ3v) is 9.82. The highest BCUT2D eigenvalue weighted by atomic mass is 32.2. The first-order valence-electron chi connectivity index (χ1n) is 13.9. The van der Waals surface area contributed by atoms with E-state index in [1.807, 2.05) is 27.7 Å². The molecule has 0 saturated carbocycles. The lowest BCUT2D eigenvalue weighted by atomic mass is 10.0. The summed E-state index contributed by atoms with van der Waals surface area (Å²) in [6, 6.07) is 5.86. The van der Waals surface area contributed by atoms with Crippen molar-refractivity contribution in [1.82, 2.24) is 14.1 Å². The molecule has 0 spiro atoms. The van der Waals surface area contributed by atoms with Crippen LogP contribution in [0.5, 0.6) is 0 Å². The van der Waals surface area contributed by atoms with Crippen LogP contribution in [0.15, 0.2) is 29.2 Å². The number of carbonyl (C=O) groups is 3. The Morgan fingerprint density at radius 2 is 1.62 bits per heavy atom. The van der Waals surface area contributed by atoms with Crippen molar-refractivity contribution >= 4 is 44.3 Å². The fourth-order valence-electron chi connectivity index (χ4n) is 4.71. The Morgan fingerprint density at radius 1 is 1.00 bits per heavy atom. The van der Waals surface area contributed by atoms with Crippen molar-refractivity contribution in [2.75, 3.05) is 44.6 Å². The molecule has 0 aliphatic carbocycles. The van der Waals surface area contributed by atoms with Gasteiger partial charge in [-0.3, -0.25) is 9.59 Å². The van der Waals surface area contributed by atoms with Gasteiger partial charge in [-0.15, -0.1) is 11.3 Å². The number of nitrogens with zero attached hydrogens (tertiary/aromatic N) is 3. The molecule has 0 bridgehead atoms. The second-order valence-electron chi connectivity index (χ2n) is 9.44. The molecule has 1 N–H and O–H groups in total. The first-order chi connectivity index (χ1) is 19.1. The van der Waals surface area contributed by atoms with E-state index in [2.05, 4.69) is 5.32 Å². The van der Waals surface area contributed by atoms with Crippen LogP contribution in [0.4, 0.5) is 9.80 Å². The molecule has 0 fully saturated rings. The molecule has 3 rings (SSSR count). The Labute approximate surface area is 241 Å². The average Bonchev–Trinajstić information content (AvgIpc) is 3.30. The Morgan fingerprint density at radius 3 is 2.17 bits per heavy atom. The first-order valence-corrected chi connectivity index (χ1v) is 16.1. The molecule has 2 aromatic rings. The van der Waals surface area contributed by atoms with Crippen molar-refractivity contribution in [2.45, 2.75) is 65.3 Å². The van der Waals surface area contributed by atoms with E-state index >= 15 is 0 Å². The Bertz CT molecular complexity index is 1300. The summed E-state index contributed by atoms with van der Waals surface area (Å²) in [5, 5.41) is 3.32. The Balaban J connectivity index is 1.90. The molecule has 1 aliphatic heterocycles. The van der Waals surface area contributed by atoms with Gasteiger partial charge in [-0.25, -0.2) is 13.2 Å². The zero-order valence-electron chi connectivity index (χ0n) is 24.0. The lowest BCUT2D eigenvalue weighted by molar-refractivity contribution is 0.0772. The Kier molecular flexibility index (Phi) is 11.1. The molecule has 1 aromatic carbocycles. The van der Waals surface area contributed by atoms with Crippen molar-refractivity contribution in [3.05, 3.63) is 45.8 Å². The van der Waals surface area contributed by atoms with E-state index in [1.165, 1.54) is 39.9 Å². The molecular weight excluding hydrogens is 552 g/mol. The number of rotatable bonds is 12. The number of amides is 3. The number of fused-ring (bicyclic) bond motifs is 1. The van der Waals surface area contributed by atoms with Crippen LogP contribution in [0.25, 0.3) is 0 Å². The van der Waals surface area contributed by atoms with Crippen LogP contribution >= 0.6 is 11.3 Å².